The van der Waals surface area contributed by atoms with Crippen LogP contribution in [0.4, 0.5) is 0 Å². The first-order valence-corrected chi connectivity index (χ1v) is 3.64. The molecule has 0 spiro atoms. The lowest BCUT2D eigenvalue weighted by molar-refractivity contribution is -0.145. The molecule has 0 rings (SSSR count). The zero-order valence-electron chi connectivity index (χ0n) is 7.49. The largest absolute Gasteiger partial charge is 0.467 e. The van der Waals surface area contributed by atoms with E-state index >= 15 is 0 Å². The van der Waals surface area contributed by atoms with Crippen molar-refractivity contribution in [3.63, 3.8) is 0 Å². The zero-order valence-corrected chi connectivity index (χ0v) is 7.49. The standard InChI is InChI=1S/C7H12N2O4/c1-4(7(12)13-2)9-6(11)5(10)3-8/h4H,3,8H2,1-2H3,(H,9,11)/t4-/m0/s1. The Kier molecular flexibility index (Phi) is 4.68. The molecule has 0 aromatic carbocycles. The van der Waals surface area contributed by atoms with Crippen LogP contribution in [0, 0.1) is 0 Å². The topological polar surface area (TPSA) is 98.5 Å². The summed E-state index contributed by atoms with van der Waals surface area (Å²) in [5.41, 5.74) is 4.93. The number of nitrogens with two attached hydrogens (primary N) is 1. The summed E-state index contributed by atoms with van der Waals surface area (Å²) in [7, 11) is 1.19. The lowest BCUT2D eigenvalue weighted by Gasteiger charge is -2.09. The van der Waals surface area contributed by atoms with E-state index < -0.39 is 23.7 Å². The number of ether oxygens (including phenoxy) is 1. The highest BCUT2D eigenvalue weighted by Crippen LogP contribution is 1.85. The number of Topliss-reactive ketones (excluding diaryl/α,β-unsaturated/α-hetero) is 1. The Bertz CT molecular complexity index is 227. The van der Waals surface area contributed by atoms with Crippen molar-refractivity contribution in [1.82, 2.24) is 5.32 Å². The molecular formula is C7H12N2O4. The molecule has 0 saturated carbocycles. The van der Waals surface area contributed by atoms with E-state index in [1.165, 1.54) is 14.0 Å². The van der Waals surface area contributed by atoms with Crippen LogP contribution in [0.15, 0.2) is 0 Å². The summed E-state index contributed by atoms with van der Waals surface area (Å²) in [5.74, 6) is -2.26. The molecule has 0 aliphatic rings. The van der Waals surface area contributed by atoms with Crippen LogP contribution in [0.2, 0.25) is 0 Å². The van der Waals surface area contributed by atoms with Gasteiger partial charge in [-0.15, -0.1) is 0 Å². The average molecular weight is 188 g/mol. The van der Waals surface area contributed by atoms with Crippen molar-refractivity contribution < 1.29 is 19.1 Å². The SMILES string of the molecule is COC(=O)[C@H](C)NC(=O)C(=O)CN. The predicted molar refractivity (Wildman–Crippen MR) is 43.7 cm³/mol. The van der Waals surface area contributed by atoms with Gasteiger partial charge in [-0.3, -0.25) is 9.59 Å². The quantitative estimate of drug-likeness (QED) is 0.400. The Labute approximate surface area is 75.4 Å². The van der Waals surface area contributed by atoms with Crippen LogP contribution < -0.4 is 11.1 Å². The van der Waals surface area contributed by atoms with E-state index in [0.29, 0.717) is 0 Å². The lowest BCUT2D eigenvalue weighted by atomic mass is 10.3. The van der Waals surface area contributed by atoms with Gasteiger partial charge in [0.15, 0.2) is 0 Å². The van der Waals surface area contributed by atoms with Crippen molar-refractivity contribution in [2.75, 3.05) is 13.7 Å². The number of hydrogen-bond acceptors (Lipinski definition) is 5. The van der Waals surface area contributed by atoms with Gasteiger partial charge in [-0.1, -0.05) is 0 Å². The highest BCUT2D eigenvalue weighted by atomic mass is 16.5. The summed E-state index contributed by atoms with van der Waals surface area (Å²) in [6.45, 7) is 1.03. The minimum Gasteiger partial charge on any atom is -0.467 e. The molecule has 0 saturated heterocycles. The lowest BCUT2D eigenvalue weighted by Crippen LogP contribution is -2.44. The number of methoxy groups -OCH3 is 1. The highest BCUT2D eigenvalue weighted by Gasteiger charge is 2.19. The Morgan fingerprint density at radius 1 is 1.46 bits per heavy atom. The van der Waals surface area contributed by atoms with Gasteiger partial charge in [0.2, 0.25) is 5.78 Å². The number of nitrogens with one attached hydrogen (secondary N) is 1. The summed E-state index contributed by atoms with van der Waals surface area (Å²) in [4.78, 5) is 32.3. The molecule has 0 aromatic heterocycles. The van der Waals surface area contributed by atoms with Crippen LogP contribution in [0.25, 0.3) is 0 Å². The third-order valence-electron chi connectivity index (χ3n) is 1.34. The Balaban J connectivity index is 4.06. The number of esters is 1. The van der Waals surface area contributed by atoms with Gasteiger partial charge in [-0.25, -0.2) is 4.79 Å². The fraction of sp³-hybridized carbons (Fsp3) is 0.571. The Morgan fingerprint density at radius 3 is 2.38 bits per heavy atom. The van der Waals surface area contributed by atoms with Crippen LogP contribution in [-0.2, 0) is 19.1 Å². The summed E-state index contributed by atoms with van der Waals surface area (Å²) < 4.78 is 4.33. The van der Waals surface area contributed by atoms with Crippen molar-refractivity contribution in [3.8, 4) is 0 Å². The molecule has 0 radical (unpaired) electrons. The minimum absolute atomic E-state index is 0.375. The van der Waals surface area contributed by atoms with Gasteiger partial charge >= 0.3 is 5.97 Å². The monoisotopic (exact) mass is 188 g/mol. The molecule has 0 heterocycles. The summed E-state index contributed by atoms with van der Waals surface area (Å²) >= 11 is 0. The molecule has 13 heavy (non-hydrogen) atoms. The molecule has 6 heteroatoms. The van der Waals surface area contributed by atoms with E-state index in [9.17, 15) is 14.4 Å². The molecule has 3 N–H and O–H groups in total. The van der Waals surface area contributed by atoms with E-state index in [4.69, 9.17) is 5.73 Å². The van der Waals surface area contributed by atoms with Crippen LogP contribution >= 0.6 is 0 Å². The molecule has 0 bridgehead atoms. The Hall–Kier alpha value is -1.43. The fourth-order valence-corrected chi connectivity index (χ4v) is 0.606. The van der Waals surface area contributed by atoms with Gasteiger partial charge in [-0.05, 0) is 6.92 Å². The maximum absolute atomic E-state index is 10.9. The molecular weight excluding hydrogens is 176 g/mol. The molecule has 0 unspecified atom stereocenters. The van der Waals surface area contributed by atoms with Crippen molar-refractivity contribution in [2.24, 2.45) is 5.73 Å². The number of amides is 1. The molecule has 0 aliphatic heterocycles. The van der Waals surface area contributed by atoms with Gasteiger partial charge in [0.05, 0.1) is 13.7 Å². The van der Waals surface area contributed by atoms with E-state index in [0.717, 1.165) is 0 Å². The van der Waals surface area contributed by atoms with Crippen LogP contribution in [0.3, 0.4) is 0 Å². The second-order valence-electron chi connectivity index (χ2n) is 2.35. The number of rotatable bonds is 4. The fourth-order valence-electron chi connectivity index (χ4n) is 0.606. The molecule has 0 aromatic rings. The van der Waals surface area contributed by atoms with Crippen LogP contribution in [0.5, 0.6) is 0 Å². The van der Waals surface area contributed by atoms with Gasteiger partial charge < -0.3 is 15.8 Å². The number of hydrogen-bond donors (Lipinski definition) is 2. The third-order valence-corrected chi connectivity index (χ3v) is 1.34. The zero-order chi connectivity index (χ0) is 10.4. The van der Waals surface area contributed by atoms with Crippen LogP contribution in [-0.4, -0.2) is 37.4 Å². The highest BCUT2D eigenvalue weighted by molar-refractivity contribution is 6.37. The summed E-state index contributed by atoms with van der Waals surface area (Å²) in [6.07, 6.45) is 0. The molecule has 0 fully saturated rings. The normalized spacial score (nSPS) is 11.6. The first-order chi connectivity index (χ1) is 6.02. The first kappa shape index (κ1) is 11.6. The van der Waals surface area contributed by atoms with E-state index in [2.05, 4.69) is 10.1 Å². The van der Waals surface area contributed by atoms with Crippen molar-refractivity contribution in [1.29, 1.82) is 0 Å². The maximum Gasteiger partial charge on any atom is 0.328 e. The summed E-state index contributed by atoms with van der Waals surface area (Å²) in [6, 6.07) is -0.840. The second kappa shape index (κ2) is 5.26. The molecule has 1 amide bonds. The van der Waals surface area contributed by atoms with E-state index in [-0.39, 0.29) is 6.54 Å². The molecule has 6 nitrogen and oxygen atoms in total. The smallest absolute Gasteiger partial charge is 0.328 e. The third kappa shape index (κ3) is 3.66. The number of carbonyl (C=O) groups is 3. The minimum atomic E-state index is -0.875. The second-order valence-corrected chi connectivity index (χ2v) is 2.35. The predicted octanol–water partition coefficient (Wildman–Crippen LogP) is -1.81. The summed E-state index contributed by atoms with van der Waals surface area (Å²) in [5, 5.41) is 2.14. The van der Waals surface area contributed by atoms with Gasteiger partial charge in [-0.2, -0.15) is 0 Å². The van der Waals surface area contributed by atoms with Crippen molar-refractivity contribution >= 4 is 17.7 Å². The first-order valence-electron chi connectivity index (χ1n) is 3.64. The van der Waals surface area contributed by atoms with Gasteiger partial charge in [0.25, 0.3) is 5.91 Å². The van der Waals surface area contributed by atoms with E-state index in [1.807, 2.05) is 0 Å². The van der Waals surface area contributed by atoms with Crippen molar-refractivity contribution in [2.45, 2.75) is 13.0 Å². The van der Waals surface area contributed by atoms with Crippen molar-refractivity contribution in [3.05, 3.63) is 0 Å². The van der Waals surface area contributed by atoms with E-state index in [1.54, 1.807) is 0 Å². The Morgan fingerprint density at radius 2 is 2.00 bits per heavy atom. The number of carbonyl (C=O) groups excluding carboxylic acids is 3. The number of ketones is 1. The molecule has 0 aliphatic carbocycles. The average Bonchev–Trinajstić information content (AvgIpc) is 2.14. The van der Waals surface area contributed by atoms with Gasteiger partial charge in [0.1, 0.15) is 6.04 Å². The van der Waals surface area contributed by atoms with Gasteiger partial charge in [0, 0.05) is 0 Å². The van der Waals surface area contributed by atoms with Crippen LogP contribution in [0.1, 0.15) is 6.92 Å². The maximum atomic E-state index is 10.9. The molecule has 1 atom stereocenters. The molecule has 74 valence electrons.